The number of hydrogen-bond acceptors (Lipinski definition) is 4. The molecule has 1 aromatic heterocycles. The van der Waals surface area contributed by atoms with E-state index in [0.29, 0.717) is 17.6 Å². The van der Waals surface area contributed by atoms with Crippen molar-refractivity contribution >= 4 is 23.0 Å². The summed E-state index contributed by atoms with van der Waals surface area (Å²) in [6.07, 6.45) is 1.02. The molecule has 112 valence electrons. The summed E-state index contributed by atoms with van der Waals surface area (Å²) in [5.74, 6) is 0.876. The molecule has 1 heterocycles. The third kappa shape index (κ3) is 3.90. The van der Waals surface area contributed by atoms with Gasteiger partial charge in [0.05, 0.1) is 12.2 Å². The molecule has 5 heteroatoms. The summed E-state index contributed by atoms with van der Waals surface area (Å²) < 4.78 is 5.22. The van der Waals surface area contributed by atoms with Gasteiger partial charge in [0, 0.05) is 25.4 Å². The van der Waals surface area contributed by atoms with Gasteiger partial charge in [0.25, 0.3) is 0 Å². The highest BCUT2D eigenvalue weighted by Crippen LogP contribution is 2.25. The van der Waals surface area contributed by atoms with Gasteiger partial charge in [0.2, 0.25) is 0 Å². The second-order valence-electron chi connectivity index (χ2n) is 5.09. The number of methoxy groups -OCH3 is 1. The van der Waals surface area contributed by atoms with E-state index in [2.05, 4.69) is 23.7 Å². The van der Waals surface area contributed by atoms with E-state index in [1.807, 2.05) is 19.9 Å². The Bertz CT molecular complexity index is 476. The number of nitrogens with zero attached hydrogens (tertiary/aromatic N) is 2. The maximum Gasteiger partial charge on any atom is 0.139 e. The first-order chi connectivity index (χ1) is 9.42. The summed E-state index contributed by atoms with van der Waals surface area (Å²) in [5, 5.41) is 0. The smallest absolute Gasteiger partial charge is 0.139 e. The Labute approximate surface area is 127 Å². The van der Waals surface area contributed by atoms with Crippen LogP contribution in [-0.2, 0) is 4.74 Å². The van der Waals surface area contributed by atoms with Crippen molar-refractivity contribution in [3.8, 4) is 0 Å². The summed E-state index contributed by atoms with van der Waals surface area (Å²) in [7, 11) is 1.71. The van der Waals surface area contributed by atoms with Gasteiger partial charge in [-0.15, -0.1) is 0 Å². The zero-order valence-electron chi connectivity index (χ0n) is 13.1. The molecule has 1 aromatic rings. The van der Waals surface area contributed by atoms with E-state index in [-0.39, 0.29) is 0 Å². The Morgan fingerprint density at radius 2 is 2.15 bits per heavy atom. The average molecular weight is 295 g/mol. The molecule has 0 bridgehead atoms. The lowest BCUT2D eigenvalue weighted by Gasteiger charge is -2.31. The van der Waals surface area contributed by atoms with E-state index in [0.717, 1.165) is 35.6 Å². The Balaban J connectivity index is 3.33. The molecule has 0 fully saturated rings. The molecule has 0 aromatic carbocycles. The van der Waals surface area contributed by atoms with Gasteiger partial charge in [-0.25, -0.2) is 4.98 Å². The fourth-order valence-electron chi connectivity index (χ4n) is 2.27. The van der Waals surface area contributed by atoms with Crippen LogP contribution >= 0.6 is 12.2 Å². The molecule has 2 N–H and O–H groups in total. The van der Waals surface area contributed by atoms with Crippen molar-refractivity contribution in [2.45, 2.75) is 40.2 Å². The largest absolute Gasteiger partial charge is 0.389 e. The number of pyridine rings is 1. The number of rotatable bonds is 7. The highest BCUT2D eigenvalue weighted by Gasteiger charge is 2.21. The van der Waals surface area contributed by atoms with Crippen molar-refractivity contribution in [3.63, 3.8) is 0 Å². The van der Waals surface area contributed by atoms with Crippen molar-refractivity contribution in [3.05, 3.63) is 22.9 Å². The third-order valence-corrected chi connectivity index (χ3v) is 3.71. The predicted molar refractivity (Wildman–Crippen MR) is 88.6 cm³/mol. The zero-order chi connectivity index (χ0) is 15.3. The Morgan fingerprint density at radius 1 is 1.50 bits per heavy atom. The van der Waals surface area contributed by atoms with Crippen LogP contribution < -0.4 is 10.6 Å². The normalized spacial score (nSPS) is 12.2. The predicted octanol–water partition coefficient (Wildman–Crippen LogP) is 2.58. The fourth-order valence-corrected chi connectivity index (χ4v) is 2.53. The standard InChI is InChI=1S/C15H25N3OS/c1-6-12(4)18(7-8-19-5)15-13(14(16)20)10(2)9-11(3)17-15/h9,12H,6-8H2,1-5H3,(H2,16,20). The maximum atomic E-state index is 5.91. The van der Waals surface area contributed by atoms with E-state index >= 15 is 0 Å². The van der Waals surface area contributed by atoms with Crippen molar-refractivity contribution < 1.29 is 4.74 Å². The second-order valence-corrected chi connectivity index (χ2v) is 5.53. The summed E-state index contributed by atoms with van der Waals surface area (Å²) in [6.45, 7) is 9.78. The molecule has 0 spiro atoms. The van der Waals surface area contributed by atoms with Crippen LogP contribution in [-0.4, -0.2) is 36.3 Å². The Hall–Kier alpha value is -1.20. The molecule has 20 heavy (non-hydrogen) atoms. The number of ether oxygens (including phenoxy) is 1. The fraction of sp³-hybridized carbons (Fsp3) is 0.600. The van der Waals surface area contributed by atoms with Crippen molar-refractivity contribution in [1.82, 2.24) is 4.98 Å². The van der Waals surface area contributed by atoms with Crippen LogP contribution in [0.1, 0.15) is 37.1 Å². The van der Waals surface area contributed by atoms with Gasteiger partial charge >= 0.3 is 0 Å². The van der Waals surface area contributed by atoms with Crippen LogP contribution in [0, 0.1) is 13.8 Å². The molecule has 0 saturated heterocycles. The summed E-state index contributed by atoms with van der Waals surface area (Å²) >= 11 is 5.21. The molecule has 0 radical (unpaired) electrons. The molecular weight excluding hydrogens is 270 g/mol. The lowest BCUT2D eigenvalue weighted by atomic mass is 10.1. The number of hydrogen-bond donors (Lipinski definition) is 1. The lowest BCUT2D eigenvalue weighted by molar-refractivity contribution is 0.203. The van der Waals surface area contributed by atoms with Crippen molar-refractivity contribution in [2.75, 3.05) is 25.2 Å². The van der Waals surface area contributed by atoms with Gasteiger partial charge in [-0.2, -0.15) is 0 Å². The quantitative estimate of drug-likeness (QED) is 0.784. The molecule has 1 rings (SSSR count). The second kappa shape index (κ2) is 7.55. The highest BCUT2D eigenvalue weighted by molar-refractivity contribution is 7.80. The number of anilines is 1. The molecule has 1 atom stereocenters. The Kier molecular flexibility index (Phi) is 6.36. The molecule has 0 aliphatic heterocycles. The van der Waals surface area contributed by atoms with Crippen molar-refractivity contribution in [2.24, 2.45) is 5.73 Å². The van der Waals surface area contributed by atoms with Gasteiger partial charge in [-0.3, -0.25) is 0 Å². The first-order valence-electron chi connectivity index (χ1n) is 6.96. The number of aromatic nitrogens is 1. The molecule has 0 aliphatic rings. The van der Waals surface area contributed by atoms with E-state index in [1.54, 1.807) is 7.11 Å². The van der Waals surface area contributed by atoms with Gasteiger partial charge in [0.15, 0.2) is 0 Å². The third-order valence-electron chi connectivity index (χ3n) is 3.50. The summed E-state index contributed by atoms with van der Waals surface area (Å²) in [5.41, 5.74) is 8.83. The monoisotopic (exact) mass is 295 g/mol. The number of nitrogens with two attached hydrogens (primary N) is 1. The number of aryl methyl sites for hydroxylation is 2. The van der Waals surface area contributed by atoms with Gasteiger partial charge in [-0.1, -0.05) is 19.1 Å². The van der Waals surface area contributed by atoms with Crippen LogP contribution in [0.2, 0.25) is 0 Å². The van der Waals surface area contributed by atoms with E-state index < -0.39 is 0 Å². The molecule has 0 saturated carbocycles. The minimum atomic E-state index is 0.354. The van der Waals surface area contributed by atoms with Crippen LogP contribution in [0.5, 0.6) is 0 Å². The molecule has 4 nitrogen and oxygen atoms in total. The number of thiocarbonyl (C=S) groups is 1. The van der Waals surface area contributed by atoms with Gasteiger partial charge in [0.1, 0.15) is 10.8 Å². The molecular formula is C15H25N3OS. The van der Waals surface area contributed by atoms with E-state index in [4.69, 9.17) is 22.7 Å². The minimum Gasteiger partial charge on any atom is -0.389 e. The van der Waals surface area contributed by atoms with Crippen molar-refractivity contribution in [1.29, 1.82) is 0 Å². The van der Waals surface area contributed by atoms with Crippen LogP contribution in [0.25, 0.3) is 0 Å². The van der Waals surface area contributed by atoms with Gasteiger partial charge < -0.3 is 15.4 Å². The molecule has 0 aliphatic carbocycles. The van der Waals surface area contributed by atoms with Crippen LogP contribution in [0.15, 0.2) is 6.07 Å². The van der Waals surface area contributed by atoms with E-state index in [1.165, 1.54) is 0 Å². The van der Waals surface area contributed by atoms with Crippen LogP contribution in [0.4, 0.5) is 5.82 Å². The molecule has 1 unspecified atom stereocenters. The highest BCUT2D eigenvalue weighted by atomic mass is 32.1. The molecule has 0 amide bonds. The SMILES string of the molecule is CCC(C)N(CCOC)c1nc(C)cc(C)c1C(N)=S. The minimum absolute atomic E-state index is 0.354. The topological polar surface area (TPSA) is 51.4 Å². The first kappa shape index (κ1) is 16.9. The Morgan fingerprint density at radius 3 is 2.65 bits per heavy atom. The zero-order valence-corrected chi connectivity index (χ0v) is 13.9. The summed E-state index contributed by atoms with van der Waals surface area (Å²) in [4.78, 5) is 7.31. The average Bonchev–Trinajstić information content (AvgIpc) is 2.37. The van der Waals surface area contributed by atoms with Gasteiger partial charge in [-0.05, 0) is 38.8 Å². The summed E-state index contributed by atoms with van der Waals surface area (Å²) in [6, 6.07) is 2.37. The van der Waals surface area contributed by atoms with E-state index in [9.17, 15) is 0 Å². The lowest BCUT2D eigenvalue weighted by Crippen LogP contribution is -2.38. The first-order valence-corrected chi connectivity index (χ1v) is 7.36. The van der Waals surface area contributed by atoms with Crippen LogP contribution in [0.3, 0.4) is 0 Å². The maximum absolute atomic E-state index is 5.91.